The SMILES string of the molecule is CC(C)N(CCCO)Cc1ncncc1C(=O)O. The van der Waals surface area contributed by atoms with Crippen LogP contribution in [0.15, 0.2) is 12.5 Å². The van der Waals surface area contributed by atoms with Gasteiger partial charge < -0.3 is 10.2 Å². The van der Waals surface area contributed by atoms with Crippen molar-refractivity contribution in [3.63, 3.8) is 0 Å². The predicted octanol–water partition coefficient (Wildman–Crippen LogP) is 0.768. The summed E-state index contributed by atoms with van der Waals surface area (Å²) in [5.41, 5.74) is 0.635. The Bertz CT molecular complexity index is 396. The fraction of sp³-hybridized carbons (Fsp3) is 0.583. The van der Waals surface area contributed by atoms with Crippen molar-refractivity contribution in [3.8, 4) is 0 Å². The summed E-state index contributed by atoms with van der Waals surface area (Å²) in [5.74, 6) is -1.02. The molecule has 1 rings (SSSR count). The lowest BCUT2D eigenvalue weighted by molar-refractivity contribution is 0.0692. The van der Waals surface area contributed by atoms with Gasteiger partial charge in [-0.05, 0) is 20.3 Å². The van der Waals surface area contributed by atoms with Gasteiger partial charge in [0.1, 0.15) is 11.9 Å². The van der Waals surface area contributed by atoms with E-state index < -0.39 is 5.97 Å². The molecule has 18 heavy (non-hydrogen) atoms. The largest absolute Gasteiger partial charge is 0.478 e. The van der Waals surface area contributed by atoms with Crippen LogP contribution in [0.4, 0.5) is 0 Å². The normalized spacial score (nSPS) is 11.2. The van der Waals surface area contributed by atoms with E-state index in [4.69, 9.17) is 10.2 Å². The Labute approximate surface area is 106 Å². The molecule has 6 heteroatoms. The van der Waals surface area contributed by atoms with Gasteiger partial charge >= 0.3 is 5.97 Å². The second-order valence-corrected chi connectivity index (χ2v) is 4.33. The molecule has 0 amide bonds. The molecule has 1 aromatic rings. The second-order valence-electron chi connectivity index (χ2n) is 4.33. The smallest absolute Gasteiger partial charge is 0.339 e. The monoisotopic (exact) mass is 253 g/mol. The van der Waals surface area contributed by atoms with E-state index in [1.807, 2.05) is 13.8 Å². The average molecular weight is 253 g/mol. The lowest BCUT2D eigenvalue weighted by Crippen LogP contribution is -2.32. The minimum Gasteiger partial charge on any atom is -0.478 e. The Morgan fingerprint density at radius 1 is 1.50 bits per heavy atom. The van der Waals surface area contributed by atoms with E-state index in [1.165, 1.54) is 12.5 Å². The summed E-state index contributed by atoms with van der Waals surface area (Å²) in [7, 11) is 0. The van der Waals surface area contributed by atoms with Crippen molar-refractivity contribution in [1.82, 2.24) is 14.9 Å². The number of aromatic nitrogens is 2. The molecular formula is C12H19N3O3. The van der Waals surface area contributed by atoms with Crippen LogP contribution in [0.25, 0.3) is 0 Å². The molecule has 0 aliphatic heterocycles. The summed E-state index contributed by atoms with van der Waals surface area (Å²) < 4.78 is 0. The summed E-state index contributed by atoms with van der Waals surface area (Å²) in [6.45, 7) is 5.33. The number of carboxylic acids is 1. The molecule has 0 unspecified atom stereocenters. The second kappa shape index (κ2) is 7.03. The molecule has 0 aliphatic carbocycles. The van der Waals surface area contributed by atoms with E-state index in [0.717, 1.165) is 0 Å². The maximum atomic E-state index is 11.0. The summed E-state index contributed by atoms with van der Waals surface area (Å²) >= 11 is 0. The zero-order valence-corrected chi connectivity index (χ0v) is 10.7. The minimum absolute atomic E-state index is 0.124. The van der Waals surface area contributed by atoms with Gasteiger partial charge in [0.2, 0.25) is 0 Å². The third kappa shape index (κ3) is 4.05. The number of hydrogen-bond acceptors (Lipinski definition) is 5. The zero-order chi connectivity index (χ0) is 13.5. The lowest BCUT2D eigenvalue weighted by Gasteiger charge is -2.26. The average Bonchev–Trinajstić information content (AvgIpc) is 2.34. The van der Waals surface area contributed by atoms with Crippen molar-refractivity contribution < 1.29 is 15.0 Å². The van der Waals surface area contributed by atoms with E-state index in [2.05, 4.69) is 14.9 Å². The molecule has 0 radical (unpaired) electrons. The Morgan fingerprint density at radius 3 is 2.78 bits per heavy atom. The fourth-order valence-corrected chi connectivity index (χ4v) is 1.65. The molecule has 0 spiro atoms. The van der Waals surface area contributed by atoms with E-state index in [-0.39, 0.29) is 18.2 Å². The number of aliphatic hydroxyl groups is 1. The number of rotatable bonds is 7. The van der Waals surface area contributed by atoms with E-state index in [1.54, 1.807) is 0 Å². The highest BCUT2D eigenvalue weighted by atomic mass is 16.4. The Morgan fingerprint density at radius 2 is 2.22 bits per heavy atom. The van der Waals surface area contributed by atoms with Crippen LogP contribution in [0.5, 0.6) is 0 Å². The van der Waals surface area contributed by atoms with Gasteiger partial charge in [0.05, 0.1) is 5.69 Å². The third-order valence-electron chi connectivity index (χ3n) is 2.71. The molecule has 1 heterocycles. The molecule has 0 fully saturated rings. The first kappa shape index (κ1) is 14.5. The van der Waals surface area contributed by atoms with Crippen molar-refractivity contribution in [3.05, 3.63) is 23.8 Å². The third-order valence-corrected chi connectivity index (χ3v) is 2.71. The number of aromatic carboxylic acids is 1. The topological polar surface area (TPSA) is 86.5 Å². The molecule has 2 N–H and O–H groups in total. The van der Waals surface area contributed by atoms with Gasteiger partial charge in [-0.2, -0.15) is 0 Å². The van der Waals surface area contributed by atoms with Crippen LogP contribution in [0.3, 0.4) is 0 Å². The molecule has 0 saturated heterocycles. The van der Waals surface area contributed by atoms with Gasteiger partial charge in [-0.1, -0.05) is 0 Å². The van der Waals surface area contributed by atoms with E-state index >= 15 is 0 Å². The van der Waals surface area contributed by atoms with Crippen molar-refractivity contribution in [2.45, 2.75) is 32.9 Å². The molecule has 0 aliphatic rings. The van der Waals surface area contributed by atoms with Crippen molar-refractivity contribution >= 4 is 5.97 Å². The van der Waals surface area contributed by atoms with Crippen molar-refractivity contribution in [2.75, 3.05) is 13.2 Å². The summed E-state index contributed by atoms with van der Waals surface area (Å²) in [5, 5.41) is 17.9. The first-order valence-electron chi connectivity index (χ1n) is 5.93. The van der Waals surface area contributed by atoms with Crippen molar-refractivity contribution in [1.29, 1.82) is 0 Å². The lowest BCUT2D eigenvalue weighted by atomic mass is 10.2. The van der Waals surface area contributed by atoms with Crippen LogP contribution >= 0.6 is 0 Å². The van der Waals surface area contributed by atoms with Crippen LogP contribution in [-0.2, 0) is 6.54 Å². The van der Waals surface area contributed by atoms with Gasteiger partial charge in [0.25, 0.3) is 0 Å². The quantitative estimate of drug-likeness (QED) is 0.746. The van der Waals surface area contributed by atoms with E-state index in [0.29, 0.717) is 25.2 Å². The van der Waals surface area contributed by atoms with Gasteiger partial charge in [-0.3, -0.25) is 4.90 Å². The first-order valence-corrected chi connectivity index (χ1v) is 5.93. The first-order chi connectivity index (χ1) is 8.56. The Hall–Kier alpha value is -1.53. The predicted molar refractivity (Wildman–Crippen MR) is 66.2 cm³/mol. The Balaban J connectivity index is 2.83. The molecule has 0 saturated carbocycles. The fourth-order valence-electron chi connectivity index (χ4n) is 1.65. The Kier molecular flexibility index (Phi) is 5.67. The van der Waals surface area contributed by atoms with Gasteiger partial charge in [-0.25, -0.2) is 14.8 Å². The van der Waals surface area contributed by atoms with Crippen LogP contribution in [0, 0.1) is 0 Å². The zero-order valence-electron chi connectivity index (χ0n) is 10.7. The number of hydrogen-bond donors (Lipinski definition) is 2. The number of nitrogens with zero attached hydrogens (tertiary/aromatic N) is 3. The minimum atomic E-state index is -1.02. The van der Waals surface area contributed by atoms with Crippen LogP contribution in [-0.4, -0.2) is 50.2 Å². The maximum Gasteiger partial charge on any atom is 0.339 e. The van der Waals surface area contributed by atoms with Crippen LogP contribution < -0.4 is 0 Å². The highest BCUT2D eigenvalue weighted by molar-refractivity contribution is 5.88. The van der Waals surface area contributed by atoms with Crippen LogP contribution in [0.2, 0.25) is 0 Å². The molecule has 0 bridgehead atoms. The molecular weight excluding hydrogens is 234 g/mol. The van der Waals surface area contributed by atoms with Crippen LogP contribution in [0.1, 0.15) is 36.3 Å². The summed E-state index contributed by atoms with van der Waals surface area (Å²) in [4.78, 5) is 20.9. The molecule has 100 valence electrons. The van der Waals surface area contributed by atoms with Gasteiger partial charge in [0.15, 0.2) is 0 Å². The number of carbonyl (C=O) groups is 1. The van der Waals surface area contributed by atoms with Gasteiger partial charge in [-0.15, -0.1) is 0 Å². The highest BCUT2D eigenvalue weighted by Crippen LogP contribution is 2.10. The summed E-state index contributed by atoms with van der Waals surface area (Å²) in [6.07, 6.45) is 3.33. The van der Waals surface area contributed by atoms with Crippen molar-refractivity contribution in [2.24, 2.45) is 0 Å². The van der Waals surface area contributed by atoms with Gasteiger partial charge in [0, 0.05) is 31.9 Å². The standard InChI is InChI=1S/C12H19N3O3/c1-9(2)15(4-3-5-16)7-11-10(12(17)18)6-13-8-14-11/h6,8-9,16H,3-5,7H2,1-2H3,(H,17,18). The maximum absolute atomic E-state index is 11.0. The number of aliphatic hydroxyl groups excluding tert-OH is 1. The molecule has 1 aromatic heterocycles. The highest BCUT2D eigenvalue weighted by Gasteiger charge is 2.16. The summed E-state index contributed by atoms with van der Waals surface area (Å²) in [6, 6.07) is 0.258. The van der Waals surface area contributed by atoms with E-state index in [9.17, 15) is 4.79 Å². The molecule has 0 atom stereocenters. The number of carboxylic acid groups (broad SMARTS) is 1. The molecule has 0 aromatic carbocycles. The molecule has 6 nitrogen and oxygen atoms in total.